The Bertz CT molecular complexity index is 1060. The van der Waals surface area contributed by atoms with Gasteiger partial charge in [0.25, 0.3) is 11.5 Å². The van der Waals surface area contributed by atoms with Gasteiger partial charge >= 0.3 is 5.69 Å². The summed E-state index contributed by atoms with van der Waals surface area (Å²) < 4.78 is 45.0. The molecule has 146 valence electrons. The van der Waals surface area contributed by atoms with E-state index in [1.165, 1.54) is 16.4 Å². The summed E-state index contributed by atoms with van der Waals surface area (Å²) in [6.07, 6.45) is 1.47. The molecule has 0 radical (unpaired) electrons. The average Bonchev–Trinajstić information content (AvgIpc) is 3.38. The van der Waals surface area contributed by atoms with Crippen molar-refractivity contribution in [3.05, 3.63) is 38.3 Å². The molecule has 1 aliphatic heterocycles. The summed E-state index contributed by atoms with van der Waals surface area (Å²) in [5.41, 5.74) is 4.44. The van der Waals surface area contributed by atoms with Crippen LogP contribution in [0.3, 0.4) is 0 Å². The minimum absolute atomic E-state index is 0.0268. The van der Waals surface area contributed by atoms with E-state index in [1.54, 1.807) is 0 Å². The average molecular weight is 383 g/mol. The fourth-order valence-electron chi connectivity index (χ4n) is 3.98. The molecule has 0 amide bonds. The standard InChI is InChI=1S/C17H20F3N5O2/c1-8-13-11(15(26)25(22)16(27)24(13)10-2-3-10)4-12(18)14(8)23-6-9(5-21)17(19,20)7-23/h4,9-10H,2-3,5-7,21-22H2,1H3. The summed E-state index contributed by atoms with van der Waals surface area (Å²) in [7, 11) is 0. The van der Waals surface area contributed by atoms with Gasteiger partial charge in [0, 0.05) is 24.7 Å². The van der Waals surface area contributed by atoms with Gasteiger partial charge in [0.05, 0.1) is 29.1 Å². The van der Waals surface area contributed by atoms with Crippen LogP contribution in [0.25, 0.3) is 10.9 Å². The maximum Gasteiger partial charge on any atom is 0.350 e. The number of alkyl halides is 2. The number of anilines is 1. The largest absolute Gasteiger partial charge is 0.362 e. The zero-order valence-electron chi connectivity index (χ0n) is 14.7. The summed E-state index contributed by atoms with van der Waals surface area (Å²) in [6.45, 7) is 0.545. The summed E-state index contributed by atoms with van der Waals surface area (Å²) in [4.78, 5) is 26.2. The maximum atomic E-state index is 14.9. The van der Waals surface area contributed by atoms with Gasteiger partial charge in [0.15, 0.2) is 0 Å². The zero-order valence-corrected chi connectivity index (χ0v) is 14.7. The van der Waals surface area contributed by atoms with Crippen LogP contribution < -0.4 is 27.7 Å². The van der Waals surface area contributed by atoms with E-state index in [4.69, 9.17) is 11.6 Å². The summed E-state index contributed by atoms with van der Waals surface area (Å²) >= 11 is 0. The number of rotatable bonds is 3. The van der Waals surface area contributed by atoms with Crippen molar-refractivity contribution in [3.8, 4) is 0 Å². The quantitative estimate of drug-likeness (QED) is 0.760. The number of aryl methyl sites for hydroxylation is 1. The van der Waals surface area contributed by atoms with Crippen molar-refractivity contribution >= 4 is 16.6 Å². The highest BCUT2D eigenvalue weighted by Gasteiger charge is 2.48. The van der Waals surface area contributed by atoms with Crippen molar-refractivity contribution in [2.45, 2.75) is 31.7 Å². The monoisotopic (exact) mass is 383 g/mol. The van der Waals surface area contributed by atoms with E-state index in [2.05, 4.69) is 0 Å². The van der Waals surface area contributed by atoms with Gasteiger partial charge in [-0.25, -0.2) is 18.0 Å². The molecule has 7 nitrogen and oxygen atoms in total. The van der Waals surface area contributed by atoms with Gasteiger partial charge in [0.1, 0.15) is 5.82 Å². The van der Waals surface area contributed by atoms with Crippen LogP contribution in [0.5, 0.6) is 0 Å². The van der Waals surface area contributed by atoms with Crippen LogP contribution in [0.4, 0.5) is 18.9 Å². The van der Waals surface area contributed by atoms with Gasteiger partial charge in [-0.05, 0) is 25.8 Å². The normalized spacial score (nSPS) is 22.0. The Labute approximate surface area is 151 Å². The molecule has 10 heteroatoms. The van der Waals surface area contributed by atoms with E-state index in [9.17, 15) is 22.8 Å². The molecular formula is C17H20F3N5O2. The number of nitrogen functional groups attached to an aromatic ring is 1. The second kappa shape index (κ2) is 5.75. The summed E-state index contributed by atoms with van der Waals surface area (Å²) in [6, 6.07) is 0.847. The fraction of sp³-hybridized carbons (Fsp3) is 0.529. The summed E-state index contributed by atoms with van der Waals surface area (Å²) in [5.74, 6) is 0.641. The molecule has 4 rings (SSSR count). The lowest BCUT2D eigenvalue weighted by Crippen LogP contribution is -2.44. The molecule has 4 N–H and O–H groups in total. The zero-order chi connectivity index (χ0) is 19.7. The van der Waals surface area contributed by atoms with Crippen LogP contribution in [0.2, 0.25) is 0 Å². The lowest BCUT2D eigenvalue weighted by molar-refractivity contribution is -0.0171. The number of halogens is 3. The van der Waals surface area contributed by atoms with Gasteiger partial charge in [-0.2, -0.15) is 4.68 Å². The van der Waals surface area contributed by atoms with Crippen molar-refractivity contribution in [1.29, 1.82) is 0 Å². The number of fused-ring (bicyclic) bond motifs is 1. The molecule has 27 heavy (non-hydrogen) atoms. The Balaban J connectivity index is 1.99. The highest BCUT2D eigenvalue weighted by Crippen LogP contribution is 2.41. The predicted octanol–water partition coefficient (Wildman–Crippen LogP) is 0.690. The molecule has 2 aromatic rings. The first kappa shape index (κ1) is 17.9. The molecule has 1 saturated carbocycles. The minimum Gasteiger partial charge on any atom is -0.362 e. The Kier molecular flexibility index (Phi) is 3.81. The van der Waals surface area contributed by atoms with Crippen molar-refractivity contribution in [1.82, 2.24) is 9.24 Å². The third-order valence-electron chi connectivity index (χ3n) is 5.52. The molecule has 2 heterocycles. The Morgan fingerprint density at radius 1 is 1.30 bits per heavy atom. The topological polar surface area (TPSA) is 99.3 Å². The third kappa shape index (κ3) is 2.53. The Morgan fingerprint density at radius 2 is 1.96 bits per heavy atom. The molecular weight excluding hydrogens is 363 g/mol. The number of hydrogen-bond acceptors (Lipinski definition) is 5. The Hall–Kier alpha value is -2.49. The van der Waals surface area contributed by atoms with Crippen LogP contribution in [0, 0.1) is 18.7 Å². The smallest absolute Gasteiger partial charge is 0.350 e. The molecule has 2 fully saturated rings. The second-order valence-corrected chi connectivity index (χ2v) is 7.36. The van der Waals surface area contributed by atoms with Crippen LogP contribution in [-0.4, -0.2) is 34.8 Å². The highest BCUT2D eigenvalue weighted by molar-refractivity contribution is 5.87. The van der Waals surface area contributed by atoms with Gasteiger partial charge in [-0.3, -0.25) is 9.36 Å². The molecule has 0 spiro atoms. The molecule has 1 saturated heterocycles. The first-order chi connectivity index (χ1) is 12.7. The number of nitrogens with zero attached hydrogens (tertiary/aromatic N) is 3. The van der Waals surface area contributed by atoms with Crippen molar-refractivity contribution in [2.24, 2.45) is 11.7 Å². The number of hydrogen-bond donors (Lipinski definition) is 2. The molecule has 1 atom stereocenters. The van der Waals surface area contributed by atoms with Crippen LogP contribution >= 0.6 is 0 Å². The fourth-order valence-corrected chi connectivity index (χ4v) is 3.98. The number of nitrogens with two attached hydrogens (primary N) is 2. The van der Waals surface area contributed by atoms with Gasteiger partial charge in [0.2, 0.25) is 0 Å². The van der Waals surface area contributed by atoms with Crippen LogP contribution in [-0.2, 0) is 0 Å². The molecule has 1 aliphatic carbocycles. The second-order valence-electron chi connectivity index (χ2n) is 7.36. The van der Waals surface area contributed by atoms with Gasteiger partial charge < -0.3 is 16.5 Å². The van der Waals surface area contributed by atoms with Gasteiger partial charge in [-0.1, -0.05) is 0 Å². The molecule has 1 unspecified atom stereocenters. The number of aromatic nitrogens is 2. The van der Waals surface area contributed by atoms with Crippen LogP contribution in [0.15, 0.2) is 15.7 Å². The molecule has 1 aromatic carbocycles. The van der Waals surface area contributed by atoms with E-state index in [0.29, 0.717) is 4.68 Å². The van der Waals surface area contributed by atoms with E-state index in [0.717, 1.165) is 18.9 Å². The van der Waals surface area contributed by atoms with Crippen LogP contribution in [0.1, 0.15) is 24.4 Å². The first-order valence-corrected chi connectivity index (χ1v) is 8.75. The van der Waals surface area contributed by atoms with E-state index in [-0.39, 0.29) is 41.3 Å². The lowest BCUT2D eigenvalue weighted by atomic mass is 10.1. The van der Waals surface area contributed by atoms with Gasteiger partial charge in [-0.15, -0.1) is 0 Å². The highest BCUT2D eigenvalue weighted by atomic mass is 19.3. The molecule has 2 aliphatic rings. The maximum absolute atomic E-state index is 14.9. The van der Waals surface area contributed by atoms with Crippen molar-refractivity contribution < 1.29 is 13.2 Å². The third-order valence-corrected chi connectivity index (χ3v) is 5.52. The molecule has 0 bridgehead atoms. The number of benzene rings is 1. The Morgan fingerprint density at radius 3 is 2.52 bits per heavy atom. The lowest BCUT2D eigenvalue weighted by Gasteiger charge is -2.23. The minimum atomic E-state index is -3.04. The van der Waals surface area contributed by atoms with E-state index >= 15 is 0 Å². The van der Waals surface area contributed by atoms with Crippen molar-refractivity contribution in [2.75, 3.05) is 30.4 Å². The molecule has 1 aromatic heterocycles. The SMILES string of the molecule is Cc1c(N2CC(CN)C(F)(F)C2)c(F)cc2c(=O)n(N)c(=O)n(C3CC3)c12. The first-order valence-electron chi connectivity index (χ1n) is 8.75. The van der Waals surface area contributed by atoms with Crippen molar-refractivity contribution in [3.63, 3.8) is 0 Å². The van der Waals surface area contributed by atoms with E-state index < -0.39 is 35.5 Å². The summed E-state index contributed by atoms with van der Waals surface area (Å²) in [5, 5.41) is -0.0379. The van der Waals surface area contributed by atoms with E-state index in [1.807, 2.05) is 0 Å². The predicted molar refractivity (Wildman–Crippen MR) is 95.3 cm³/mol.